The summed E-state index contributed by atoms with van der Waals surface area (Å²) in [5, 5.41) is 0. The number of hydrogen-bond donors (Lipinski definition) is 1. The van der Waals surface area contributed by atoms with Crippen molar-refractivity contribution in [3.05, 3.63) is 42.2 Å². The molecule has 2 N–H and O–H groups in total. The van der Waals surface area contributed by atoms with Gasteiger partial charge in [0.2, 0.25) is 0 Å². The van der Waals surface area contributed by atoms with Gasteiger partial charge in [-0.1, -0.05) is 0 Å². The van der Waals surface area contributed by atoms with E-state index < -0.39 is 0 Å². The summed E-state index contributed by atoms with van der Waals surface area (Å²) in [6.07, 6.45) is 5.24. The molecular weight excluding hydrogens is 214 g/mol. The molecule has 0 fully saturated rings. The lowest BCUT2D eigenvalue weighted by atomic mass is 10.3. The van der Waals surface area contributed by atoms with Gasteiger partial charge in [-0.2, -0.15) is 0 Å². The Hall–Kier alpha value is -2.17. The van der Waals surface area contributed by atoms with E-state index in [0.29, 0.717) is 12.4 Å². The average molecular weight is 229 g/mol. The Labute approximate surface area is 100 Å². The number of amidine groups is 1. The number of aromatic nitrogens is 3. The van der Waals surface area contributed by atoms with E-state index in [0.717, 1.165) is 17.1 Å². The molecule has 5 nitrogen and oxygen atoms in total. The van der Waals surface area contributed by atoms with Crippen LogP contribution >= 0.6 is 0 Å². The van der Waals surface area contributed by atoms with Gasteiger partial charge in [0.1, 0.15) is 17.9 Å². The highest BCUT2D eigenvalue weighted by Crippen LogP contribution is 2.12. The summed E-state index contributed by atoms with van der Waals surface area (Å²) in [6.45, 7) is 4.58. The Balaban J connectivity index is 2.44. The maximum Gasteiger partial charge on any atom is 0.146 e. The van der Waals surface area contributed by atoms with Crippen LogP contribution < -0.4 is 5.73 Å². The quantitative estimate of drug-likeness (QED) is 0.637. The van der Waals surface area contributed by atoms with Crippen LogP contribution in [0, 0.1) is 6.92 Å². The van der Waals surface area contributed by atoms with Crippen LogP contribution in [0.3, 0.4) is 0 Å². The first-order valence-electron chi connectivity index (χ1n) is 5.48. The maximum absolute atomic E-state index is 5.86. The highest BCUT2D eigenvalue weighted by molar-refractivity contribution is 5.96. The molecule has 88 valence electrons. The lowest BCUT2D eigenvalue weighted by Crippen LogP contribution is -2.16. The smallest absolute Gasteiger partial charge is 0.146 e. The van der Waals surface area contributed by atoms with Gasteiger partial charge < -0.3 is 10.3 Å². The largest absolute Gasteiger partial charge is 0.382 e. The molecule has 2 heterocycles. The molecule has 0 aliphatic heterocycles. The molecule has 0 aliphatic carbocycles. The van der Waals surface area contributed by atoms with Crippen LogP contribution in [0.15, 0.2) is 35.8 Å². The van der Waals surface area contributed by atoms with Gasteiger partial charge in [-0.15, -0.1) is 0 Å². The lowest BCUT2D eigenvalue weighted by Gasteiger charge is -2.05. The number of aliphatic imine (C=N–C) groups is 1. The standard InChI is InChI=1S/C12H15N5/c1-3-15-12(13)11-9(2)17(8-16-11)10-4-6-14-7-5-10/h4-8H,3H2,1-2H3,(H2,13,15). The minimum absolute atomic E-state index is 0.484. The van der Waals surface area contributed by atoms with Crippen molar-refractivity contribution in [1.29, 1.82) is 0 Å². The molecule has 0 aliphatic rings. The van der Waals surface area contributed by atoms with E-state index in [1.807, 2.05) is 30.5 Å². The third-order valence-electron chi connectivity index (χ3n) is 2.52. The van der Waals surface area contributed by atoms with Crippen LogP contribution in [0.25, 0.3) is 5.69 Å². The van der Waals surface area contributed by atoms with Gasteiger partial charge in [-0.05, 0) is 26.0 Å². The monoisotopic (exact) mass is 229 g/mol. The fourth-order valence-corrected chi connectivity index (χ4v) is 1.67. The number of hydrogen-bond acceptors (Lipinski definition) is 3. The molecule has 5 heteroatoms. The Bertz CT molecular complexity index is 527. The zero-order valence-electron chi connectivity index (χ0n) is 9.96. The van der Waals surface area contributed by atoms with Gasteiger partial charge in [0.05, 0.1) is 5.69 Å². The molecular formula is C12H15N5. The van der Waals surface area contributed by atoms with Crippen molar-refractivity contribution < 1.29 is 0 Å². The minimum atomic E-state index is 0.484. The predicted molar refractivity (Wildman–Crippen MR) is 67.4 cm³/mol. The van der Waals surface area contributed by atoms with E-state index in [1.54, 1.807) is 18.7 Å². The predicted octanol–water partition coefficient (Wildman–Crippen LogP) is 1.30. The van der Waals surface area contributed by atoms with E-state index in [2.05, 4.69) is 15.0 Å². The molecule has 0 saturated heterocycles. The highest BCUT2D eigenvalue weighted by atomic mass is 15.1. The first-order valence-corrected chi connectivity index (χ1v) is 5.48. The summed E-state index contributed by atoms with van der Waals surface area (Å²) in [4.78, 5) is 12.5. The van der Waals surface area contributed by atoms with E-state index in [-0.39, 0.29) is 0 Å². The van der Waals surface area contributed by atoms with Crippen molar-refractivity contribution in [3.63, 3.8) is 0 Å². The Morgan fingerprint density at radius 3 is 2.76 bits per heavy atom. The molecule has 0 saturated carbocycles. The van der Waals surface area contributed by atoms with Crippen LogP contribution in [0.2, 0.25) is 0 Å². The van der Waals surface area contributed by atoms with E-state index in [4.69, 9.17) is 5.73 Å². The number of nitrogens with two attached hydrogens (primary N) is 1. The SMILES string of the molecule is CCN=C(N)c1ncn(-c2ccncc2)c1C. The summed E-state index contributed by atoms with van der Waals surface area (Å²) in [7, 11) is 0. The van der Waals surface area contributed by atoms with E-state index in [9.17, 15) is 0 Å². The second-order valence-electron chi connectivity index (χ2n) is 3.61. The molecule has 0 atom stereocenters. The molecule has 0 bridgehead atoms. The van der Waals surface area contributed by atoms with E-state index in [1.165, 1.54) is 0 Å². The van der Waals surface area contributed by atoms with E-state index >= 15 is 0 Å². The molecule has 2 aromatic rings. The summed E-state index contributed by atoms with van der Waals surface area (Å²) < 4.78 is 1.97. The zero-order valence-corrected chi connectivity index (χ0v) is 9.96. The molecule has 2 rings (SSSR count). The van der Waals surface area contributed by atoms with Crippen molar-refractivity contribution in [3.8, 4) is 5.69 Å². The average Bonchev–Trinajstić information content (AvgIpc) is 2.72. The van der Waals surface area contributed by atoms with Crippen LogP contribution in [0.1, 0.15) is 18.3 Å². The lowest BCUT2D eigenvalue weighted by molar-refractivity contribution is 0.997. The summed E-state index contributed by atoms with van der Waals surface area (Å²) >= 11 is 0. The minimum Gasteiger partial charge on any atom is -0.382 e. The topological polar surface area (TPSA) is 69.1 Å². The highest BCUT2D eigenvalue weighted by Gasteiger charge is 2.10. The number of nitrogens with zero attached hydrogens (tertiary/aromatic N) is 4. The van der Waals surface area contributed by atoms with Crippen LogP contribution in [0.4, 0.5) is 0 Å². The Morgan fingerprint density at radius 2 is 2.12 bits per heavy atom. The van der Waals surface area contributed by atoms with Crippen molar-refractivity contribution in [2.75, 3.05) is 6.54 Å². The van der Waals surface area contributed by atoms with Crippen LogP contribution in [0.5, 0.6) is 0 Å². The number of imidazole rings is 1. The van der Waals surface area contributed by atoms with Gasteiger partial charge in [0.15, 0.2) is 0 Å². The van der Waals surface area contributed by atoms with Crippen molar-refractivity contribution >= 4 is 5.84 Å². The zero-order chi connectivity index (χ0) is 12.3. The fourth-order valence-electron chi connectivity index (χ4n) is 1.67. The molecule has 0 radical (unpaired) electrons. The maximum atomic E-state index is 5.86. The Morgan fingerprint density at radius 1 is 1.41 bits per heavy atom. The second kappa shape index (κ2) is 4.78. The number of pyridine rings is 1. The molecule has 17 heavy (non-hydrogen) atoms. The summed E-state index contributed by atoms with van der Waals surface area (Å²) in [6, 6.07) is 3.84. The Kier molecular flexibility index (Phi) is 3.18. The third-order valence-corrected chi connectivity index (χ3v) is 2.52. The number of rotatable bonds is 3. The first-order chi connectivity index (χ1) is 8.24. The van der Waals surface area contributed by atoms with Crippen molar-refractivity contribution in [2.24, 2.45) is 10.7 Å². The fraction of sp³-hybridized carbons (Fsp3) is 0.250. The molecule has 0 aromatic carbocycles. The molecule has 0 spiro atoms. The first kappa shape index (κ1) is 11.3. The second-order valence-corrected chi connectivity index (χ2v) is 3.61. The van der Waals surface area contributed by atoms with Crippen LogP contribution in [-0.4, -0.2) is 26.9 Å². The van der Waals surface area contributed by atoms with Crippen molar-refractivity contribution in [1.82, 2.24) is 14.5 Å². The molecule has 2 aromatic heterocycles. The molecule has 0 amide bonds. The van der Waals surface area contributed by atoms with Crippen molar-refractivity contribution in [2.45, 2.75) is 13.8 Å². The van der Waals surface area contributed by atoms with Gasteiger partial charge in [0, 0.05) is 24.6 Å². The van der Waals surface area contributed by atoms with Gasteiger partial charge in [-0.25, -0.2) is 4.98 Å². The summed E-state index contributed by atoms with van der Waals surface area (Å²) in [5.41, 5.74) is 8.59. The van der Waals surface area contributed by atoms with Gasteiger partial charge >= 0.3 is 0 Å². The summed E-state index contributed by atoms with van der Waals surface area (Å²) in [5.74, 6) is 0.484. The van der Waals surface area contributed by atoms with Crippen LogP contribution in [-0.2, 0) is 0 Å². The third kappa shape index (κ3) is 2.18. The molecule has 0 unspecified atom stereocenters. The van der Waals surface area contributed by atoms with Gasteiger partial charge in [-0.3, -0.25) is 9.98 Å². The normalized spacial score (nSPS) is 11.8. The van der Waals surface area contributed by atoms with Gasteiger partial charge in [0.25, 0.3) is 0 Å².